The molecule has 1 aliphatic heterocycles. The van der Waals surface area contributed by atoms with Crippen LogP contribution in [0.2, 0.25) is 0 Å². The first-order chi connectivity index (χ1) is 8.08. The van der Waals surface area contributed by atoms with Gasteiger partial charge in [0.15, 0.2) is 5.03 Å². The van der Waals surface area contributed by atoms with Gasteiger partial charge in [-0.15, -0.1) is 11.6 Å². The maximum Gasteiger partial charge on any atom is 0.258 e. The lowest BCUT2D eigenvalue weighted by atomic mass is 9.94. The molecule has 0 spiro atoms. The molecule has 2 heterocycles. The summed E-state index contributed by atoms with van der Waals surface area (Å²) in [6.45, 7) is 1.02. The lowest BCUT2D eigenvalue weighted by molar-refractivity contribution is 0.0549. The Morgan fingerprint density at radius 3 is 2.76 bits per heavy atom. The molecule has 2 rings (SSSR count). The lowest BCUT2D eigenvalue weighted by Gasteiger charge is -2.35. The second-order valence-electron chi connectivity index (χ2n) is 4.05. The van der Waals surface area contributed by atoms with Gasteiger partial charge in [0.1, 0.15) is 0 Å². The molecule has 0 aliphatic carbocycles. The molecule has 1 fully saturated rings. The lowest BCUT2D eigenvalue weighted by Crippen LogP contribution is -2.53. The highest BCUT2D eigenvalue weighted by molar-refractivity contribution is 7.89. The summed E-state index contributed by atoms with van der Waals surface area (Å²) in [4.78, 5) is 6.27. The molecule has 2 N–H and O–H groups in total. The van der Waals surface area contributed by atoms with Gasteiger partial charge in [0, 0.05) is 19.1 Å². The van der Waals surface area contributed by atoms with E-state index in [2.05, 4.69) is 14.7 Å². The normalized spacial score (nSPS) is 20.3. The van der Waals surface area contributed by atoms with Gasteiger partial charge in [0.05, 0.1) is 18.1 Å². The van der Waals surface area contributed by atoms with Crippen LogP contribution in [-0.4, -0.2) is 43.0 Å². The molecule has 1 aromatic heterocycles. The molecule has 96 valence electrons. The highest BCUT2D eigenvalue weighted by Gasteiger charge is 2.36. The van der Waals surface area contributed by atoms with Crippen molar-refractivity contribution in [1.82, 2.24) is 14.7 Å². The van der Waals surface area contributed by atoms with Crippen molar-refractivity contribution in [3.8, 4) is 0 Å². The second-order valence-corrected chi connectivity index (χ2v) is 5.97. The van der Waals surface area contributed by atoms with E-state index in [0.29, 0.717) is 26.1 Å². The fourth-order valence-corrected chi connectivity index (χ4v) is 3.53. The van der Waals surface area contributed by atoms with Crippen molar-refractivity contribution in [3.63, 3.8) is 0 Å². The maximum atomic E-state index is 12.0. The molecule has 0 bridgehead atoms. The Labute approximate surface area is 105 Å². The SMILES string of the molecule is O=S(=O)(NC1(CCl)CCOCC1)c1cnc[nH]1. The molecule has 0 radical (unpaired) electrons. The van der Waals surface area contributed by atoms with Crippen molar-refractivity contribution in [2.24, 2.45) is 0 Å². The van der Waals surface area contributed by atoms with E-state index in [9.17, 15) is 8.42 Å². The molecule has 17 heavy (non-hydrogen) atoms. The zero-order chi connectivity index (χ0) is 12.4. The molecule has 1 aromatic rings. The Kier molecular flexibility index (Phi) is 3.72. The Balaban J connectivity index is 2.19. The van der Waals surface area contributed by atoms with Gasteiger partial charge in [0.2, 0.25) is 0 Å². The number of alkyl halides is 1. The highest BCUT2D eigenvalue weighted by Crippen LogP contribution is 2.24. The fourth-order valence-electron chi connectivity index (χ4n) is 1.76. The molecule has 8 heteroatoms. The van der Waals surface area contributed by atoms with Gasteiger partial charge in [-0.2, -0.15) is 0 Å². The Bertz CT molecular complexity index is 454. The van der Waals surface area contributed by atoms with Gasteiger partial charge in [-0.1, -0.05) is 0 Å². The molecule has 0 saturated carbocycles. The van der Waals surface area contributed by atoms with Crippen molar-refractivity contribution >= 4 is 21.6 Å². The summed E-state index contributed by atoms with van der Waals surface area (Å²) in [7, 11) is -3.60. The van der Waals surface area contributed by atoms with Crippen LogP contribution in [0.5, 0.6) is 0 Å². The number of ether oxygens (including phenoxy) is 1. The van der Waals surface area contributed by atoms with E-state index in [0.717, 1.165) is 0 Å². The summed E-state index contributed by atoms with van der Waals surface area (Å²) in [5.41, 5.74) is -0.621. The van der Waals surface area contributed by atoms with Crippen molar-refractivity contribution in [3.05, 3.63) is 12.5 Å². The van der Waals surface area contributed by atoms with Gasteiger partial charge in [0.25, 0.3) is 10.0 Å². The number of halogens is 1. The molecule has 0 unspecified atom stereocenters. The van der Waals surface area contributed by atoms with E-state index in [1.165, 1.54) is 12.5 Å². The largest absolute Gasteiger partial charge is 0.381 e. The van der Waals surface area contributed by atoms with Crippen LogP contribution in [0, 0.1) is 0 Å². The minimum atomic E-state index is -3.60. The van der Waals surface area contributed by atoms with Crippen molar-refractivity contribution in [1.29, 1.82) is 0 Å². The number of nitrogens with one attached hydrogen (secondary N) is 2. The summed E-state index contributed by atoms with van der Waals surface area (Å²) >= 11 is 5.90. The van der Waals surface area contributed by atoms with E-state index < -0.39 is 15.6 Å². The smallest absolute Gasteiger partial charge is 0.258 e. The van der Waals surface area contributed by atoms with Crippen LogP contribution in [0.1, 0.15) is 12.8 Å². The molecular weight excluding hydrogens is 266 g/mol. The number of aromatic nitrogens is 2. The maximum absolute atomic E-state index is 12.0. The average molecular weight is 280 g/mol. The quantitative estimate of drug-likeness (QED) is 0.785. The topological polar surface area (TPSA) is 84.1 Å². The number of imidazole rings is 1. The van der Waals surface area contributed by atoms with E-state index in [1.54, 1.807) is 0 Å². The average Bonchev–Trinajstić information content (AvgIpc) is 2.84. The third-order valence-electron chi connectivity index (χ3n) is 2.82. The van der Waals surface area contributed by atoms with E-state index in [-0.39, 0.29) is 10.9 Å². The summed E-state index contributed by atoms with van der Waals surface area (Å²) < 4.78 is 32.0. The molecular formula is C9H14ClN3O3S. The predicted octanol–water partition coefficient (Wildman–Crippen LogP) is 0.476. The van der Waals surface area contributed by atoms with Crippen molar-refractivity contribution < 1.29 is 13.2 Å². The van der Waals surface area contributed by atoms with Crippen LogP contribution in [0.25, 0.3) is 0 Å². The van der Waals surface area contributed by atoms with E-state index in [4.69, 9.17) is 16.3 Å². The zero-order valence-electron chi connectivity index (χ0n) is 9.15. The fraction of sp³-hybridized carbons (Fsp3) is 0.667. The summed E-state index contributed by atoms with van der Waals surface area (Å²) in [6.07, 6.45) is 3.74. The highest BCUT2D eigenvalue weighted by atomic mass is 35.5. The van der Waals surface area contributed by atoms with Gasteiger partial charge >= 0.3 is 0 Å². The predicted molar refractivity (Wildman–Crippen MR) is 62.4 cm³/mol. The number of hydrogen-bond donors (Lipinski definition) is 2. The van der Waals surface area contributed by atoms with Gasteiger partial charge < -0.3 is 9.72 Å². The number of H-pyrrole nitrogens is 1. The number of sulfonamides is 1. The van der Waals surface area contributed by atoms with E-state index in [1.807, 2.05) is 0 Å². The Morgan fingerprint density at radius 1 is 1.53 bits per heavy atom. The van der Waals surface area contributed by atoms with Crippen LogP contribution in [0.3, 0.4) is 0 Å². The number of nitrogens with zero attached hydrogens (tertiary/aromatic N) is 1. The number of rotatable bonds is 4. The molecule has 1 aliphatic rings. The Hall–Kier alpha value is -0.630. The van der Waals surface area contributed by atoms with E-state index >= 15 is 0 Å². The molecule has 1 saturated heterocycles. The standard InChI is InChI=1S/C9H14ClN3O3S/c10-6-9(1-3-16-4-2-9)13-17(14,15)8-5-11-7-12-8/h5,7,13H,1-4,6H2,(H,11,12). The molecule has 0 amide bonds. The minimum Gasteiger partial charge on any atom is -0.381 e. The third-order valence-corrected chi connectivity index (χ3v) is 4.83. The minimum absolute atomic E-state index is 0.0495. The van der Waals surface area contributed by atoms with Gasteiger partial charge in [-0.25, -0.2) is 18.1 Å². The Morgan fingerprint density at radius 2 is 2.24 bits per heavy atom. The van der Waals surface area contributed by atoms with Gasteiger partial charge in [-0.05, 0) is 12.8 Å². The first kappa shape index (κ1) is 12.8. The second kappa shape index (κ2) is 4.93. The van der Waals surface area contributed by atoms with Crippen LogP contribution < -0.4 is 4.72 Å². The van der Waals surface area contributed by atoms with Crippen molar-refractivity contribution in [2.75, 3.05) is 19.1 Å². The summed E-state index contributed by atoms with van der Waals surface area (Å²) in [6, 6.07) is 0. The molecule has 6 nitrogen and oxygen atoms in total. The monoisotopic (exact) mass is 279 g/mol. The van der Waals surface area contributed by atoms with Gasteiger partial charge in [-0.3, -0.25) is 0 Å². The summed E-state index contributed by atoms with van der Waals surface area (Å²) in [5.74, 6) is 0.226. The van der Waals surface area contributed by atoms with Crippen LogP contribution in [0.4, 0.5) is 0 Å². The molecule has 0 atom stereocenters. The third kappa shape index (κ3) is 2.79. The van der Waals surface area contributed by atoms with Crippen LogP contribution in [0.15, 0.2) is 17.6 Å². The summed E-state index contributed by atoms with van der Waals surface area (Å²) in [5, 5.41) is 0.0495. The van der Waals surface area contributed by atoms with Crippen molar-refractivity contribution in [2.45, 2.75) is 23.4 Å². The molecule has 0 aromatic carbocycles. The van der Waals surface area contributed by atoms with Crippen LogP contribution in [-0.2, 0) is 14.8 Å². The zero-order valence-corrected chi connectivity index (χ0v) is 10.7. The number of aromatic amines is 1. The van der Waals surface area contributed by atoms with Crippen LogP contribution >= 0.6 is 11.6 Å². The number of hydrogen-bond acceptors (Lipinski definition) is 4. The first-order valence-electron chi connectivity index (χ1n) is 5.24. The first-order valence-corrected chi connectivity index (χ1v) is 7.26.